The van der Waals surface area contributed by atoms with Gasteiger partial charge in [0, 0.05) is 11.9 Å². The molecule has 2 N–H and O–H groups in total. The van der Waals surface area contributed by atoms with Crippen LogP contribution in [-0.2, 0) is 14.3 Å². The van der Waals surface area contributed by atoms with E-state index in [0.29, 0.717) is 10.6 Å². The maximum Gasteiger partial charge on any atom is 0.341 e. The molecule has 1 saturated heterocycles. The predicted octanol–water partition coefficient (Wildman–Crippen LogP) is 1.22. The summed E-state index contributed by atoms with van der Waals surface area (Å²) in [5.74, 6) is -0.979. The van der Waals surface area contributed by atoms with Crippen molar-refractivity contribution in [3.63, 3.8) is 0 Å². The third-order valence-electron chi connectivity index (χ3n) is 3.55. The van der Waals surface area contributed by atoms with Gasteiger partial charge in [-0.2, -0.15) is 0 Å². The molecular formula is C14H19N3O4S. The lowest BCUT2D eigenvalue weighted by Crippen LogP contribution is -2.41. The SMILES string of the molecule is CCOC(=O)c1c(NC(=O)[C@@H]2CC(=O)NN2C)sc(C)c1C. The van der Waals surface area contributed by atoms with Crippen molar-refractivity contribution in [1.82, 2.24) is 10.4 Å². The van der Waals surface area contributed by atoms with E-state index < -0.39 is 12.0 Å². The van der Waals surface area contributed by atoms with Crippen LogP contribution in [-0.4, -0.2) is 42.5 Å². The Labute approximate surface area is 132 Å². The van der Waals surface area contributed by atoms with Gasteiger partial charge in [0.15, 0.2) is 0 Å². The molecule has 1 aliphatic heterocycles. The molecular weight excluding hydrogens is 306 g/mol. The van der Waals surface area contributed by atoms with E-state index in [-0.39, 0.29) is 24.8 Å². The Bertz CT molecular complexity index is 626. The molecule has 2 amide bonds. The maximum atomic E-state index is 12.3. The second-order valence-corrected chi connectivity index (χ2v) is 6.29. The van der Waals surface area contributed by atoms with E-state index in [1.807, 2.05) is 13.8 Å². The van der Waals surface area contributed by atoms with Crippen molar-refractivity contribution >= 4 is 34.1 Å². The van der Waals surface area contributed by atoms with Gasteiger partial charge in [-0.25, -0.2) is 9.80 Å². The molecule has 0 bridgehead atoms. The molecule has 1 atom stereocenters. The zero-order chi connectivity index (χ0) is 16.4. The molecule has 0 unspecified atom stereocenters. The molecule has 0 radical (unpaired) electrons. The van der Waals surface area contributed by atoms with Crippen molar-refractivity contribution in [1.29, 1.82) is 0 Å². The quantitative estimate of drug-likeness (QED) is 0.813. The third-order valence-corrected chi connectivity index (χ3v) is 4.67. The number of hydrogen-bond acceptors (Lipinski definition) is 6. The van der Waals surface area contributed by atoms with E-state index in [2.05, 4.69) is 10.7 Å². The lowest BCUT2D eigenvalue weighted by atomic mass is 10.1. The van der Waals surface area contributed by atoms with Crippen LogP contribution in [0.15, 0.2) is 0 Å². The summed E-state index contributed by atoms with van der Waals surface area (Å²) >= 11 is 1.33. The van der Waals surface area contributed by atoms with Crippen molar-refractivity contribution in [2.45, 2.75) is 33.2 Å². The van der Waals surface area contributed by atoms with E-state index in [1.54, 1.807) is 14.0 Å². The van der Waals surface area contributed by atoms with Gasteiger partial charge in [-0.1, -0.05) is 0 Å². The molecule has 2 heterocycles. The highest BCUT2D eigenvalue weighted by Crippen LogP contribution is 2.33. The Kier molecular flexibility index (Phi) is 4.82. The van der Waals surface area contributed by atoms with Gasteiger partial charge in [0.25, 0.3) is 0 Å². The number of hydrazine groups is 1. The van der Waals surface area contributed by atoms with Gasteiger partial charge in [-0.15, -0.1) is 11.3 Å². The molecule has 1 aliphatic rings. The first-order valence-corrected chi connectivity index (χ1v) is 7.77. The number of esters is 1. The van der Waals surface area contributed by atoms with Crippen LogP contribution in [0.2, 0.25) is 0 Å². The fourth-order valence-electron chi connectivity index (χ4n) is 2.26. The highest BCUT2D eigenvalue weighted by atomic mass is 32.1. The zero-order valence-electron chi connectivity index (χ0n) is 13.0. The number of amides is 2. The minimum Gasteiger partial charge on any atom is -0.462 e. The van der Waals surface area contributed by atoms with Crippen molar-refractivity contribution < 1.29 is 19.1 Å². The number of rotatable bonds is 4. The van der Waals surface area contributed by atoms with Crippen LogP contribution in [0.4, 0.5) is 5.00 Å². The Hall–Kier alpha value is -1.93. The minimum absolute atomic E-state index is 0.0976. The fraction of sp³-hybridized carbons (Fsp3) is 0.500. The summed E-state index contributed by atoms with van der Waals surface area (Å²) in [5, 5.41) is 4.68. The molecule has 7 nitrogen and oxygen atoms in total. The zero-order valence-corrected chi connectivity index (χ0v) is 13.8. The summed E-state index contributed by atoms with van der Waals surface area (Å²) in [6.45, 7) is 5.70. The normalized spacial score (nSPS) is 18.2. The number of likely N-dealkylation sites (N-methyl/N-ethyl adjacent to an activating group) is 1. The first kappa shape index (κ1) is 16.4. The van der Waals surface area contributed by atoms with Gasteiger partial charge < -0.3 is 10.1 Å². The van der Waals surface area contributed by atoms with E-state index in [9.17, 15) is 14.4 Å². The average Bonchev–Trinajstić information content (AvgIpc) is 2.90. The van der Waals surface area contributed by atoms with E-state index >= 15 is 0 Å². The Morgan fingerprint density at radius 1 is 1.45 bits per heavy atom. The molecule has 8 heteroatoms. The maximum absolute atomic E-state index is 12.3. The second kappa shape index (κ2) is 6.45. The van der Waals surface area contributed by atoms with Gasteiger partial charge in [0.1, 0.15) is 11.0 Å². The first-order valence-electron chi connectivity index (χ1n) is 6.95. The smallest absolute Gasteiger partial charge is 0.341 e. The number of carbonyl (C=O) groups excluding carboxylic acids is 3. The number of anilines is 1. The standard InChI is InChI=1S/C14H19N3O4S/c1-5-21-14(20)11-7(2)8(3)22-13(11)15-12(19)9-6-10(18)16-17(9)4/h9H,5-6H2,1-4H3,(H,15,19)(H,16,18)/t9-/m0/s1. The molecule has 1 aromatic heterocycles. The second-order valence-electron chi connectivity index (χ2n) is 5.06. The van der Waals surface area contributed by atoms with Crippen LogP contribution in [0.5, 0.6) is 0 Å². The molecule has 0 saturated carbocycles. The Morgan fingerprint density at radius 3 is 2.68 bits per heavy atom. The number of carbonyl (C=O) groups is 3. The number of thiophene rings is 1. The van der Waals surface area contributed by atoms with Gasteiger partial charge in [0.2, 0.25) is 11.8 Å². The summed E-state index contributed by atoms with van der Waals surface area (Å²) in [5.41, 5.74) is 3.74. The molecule has 1 fully saturated rings. The number of ether oxygens (including phenoxy) is 1. The largest absolute Gasteiger partial charge is 0.462 e. The molecule has 0 spiro atoms. The number of hydrogen-bond donors (Lipinski definition) is 2. The summed E-state index contributed by atoms with van der Waals surface area (Å²) in [7, 11) is 1.63. The lowest BCUT2D eigenvalue weighted by Gasteiger charge is -2.17. The highest BCUT2D eigenvalue weighted by molar-refractivity contribution is 7.16. The molecule has 120 valence electrons. The van der Waals surface area contributed by atoms with Gasteiger partial charge >= 0.3 is 5.97 Å². The number of nitrogens with one attached hydrogen (secondary N) is 2. The van der Waals surface area contributed by atoms with Crippen LogP contribution in [0.3, 0.4) is 0 Å². The molecule has 0 aliphatic carbocycles. The van der Waals surface area contributed by atoms with E-state index in [4.69, 9.17) is 4.74 Å². The third kappa shape index (κ3) is 3.12. The Balaban J connectivity index is 2.22. The van der Waals surface area contributed by atoms with Crippen molar-refractivity contribution in [2.75, 3.05) is 19.0 Å². The number of nitrogens with zero attached hydrogens (tertiary/aromatic N) is 1. The summed E-state index contributed by atoms with van der Waals surface area (Å²) < 4.78 is 5.05. The molecule has 1 aromatic rings. The predicted molar refractivity (Wildman–Crippen MR) is 82.7 cm³/mol. The topological polar surface area (TPSA) is 87.7 Å². The average molecular weight is 325 g/mol. The lowest BCUT2D eigenvalue weighted by molar-refractivity contribution is -0.121. The van der Waals surface area contributed by atoms with Crippen LogP contribution in [0.25, 0.3) is 0 Å². The van der Waals surface area contributed by atoms with Gasteiger partial charge in [-0.05, 0) is 26.3 Å². The number of aryl methyl sites for hydroxylation is 1. The summed E-state index contributed by atoms with van der Waals surface area (Å²) in [6.07, 6.45) is 0.0976. The molecule has 0 aromatic carbocycles. The summed E-state index contributed by atoms with van der Waals surface area (Å²) in [4.78, 5) is 36.7. The van der Waals surface area contributed by atoms with Crippen LogP contribution >= 0.6 is 11.3 Å². The summed E-state index contributed by atoms with van der Waals surface area (Å²) in [6, 6.07) is -0.592. The van der Waals surface area contributed by atoms with Gasteiger partial charge in [-0.3, -0.25) is 15.0 Å². The first-order chi connectivity index (χ1) is 10.3. The van der Waals surface area contributed by atoms with E-state index in [0.717, 1.165) is 10.4 Å². The van der Waals surface area contributed by atoms with Crippen molar-refractivity contribution in [2.24, 2.45) is 0 Å². The Morgan fingerprint density at radius 2 is 2.14 bits per heavy atom. The van der Waals surface area contributed by atoms with E-state index in [1.165, 1.54) is 16.3 Å². The molecule has 2 rings (SSSR count). The monoisotopic (exact) mass is 325 g/mol. The minimum atomic E-state index is -0.592. The fourth-order valence-corrected chi connectivity index (χ4v) is 3.31. The van der Waals surface area contributed by atoms with Crippen LogP contribution in [0.1, 0.15) is 34.1 Å². The highest BCUT2D eigenvalue weighted by Gasteiger charge is 2.34. The van der Waals surface area contributed by atoms with Crippen molar-refractivity contribution in [3.8, 4) is 0 Å². The van der Waals surface area contributed by atoms with Gasteiger partial charge in [0.05, 0.1) is 18.6 Å². The molecule has 22 heavy (non-hydrogen) atoms. The van der Waals surface area contributed by atoms with Crippen LogP contribution in [0, 0.1) is 13.8 Å². The van der Waals surface area contributed by atoms with Crippen molar-refractivity contribution in [3.05, 3.63) is 16.0 Å². The van der Waals surface area contributed by atoms with Crippen LogP contribution < -0.4 is 10.7 Å².